The Kier molecular flexibility index (Phi) is 5.09. The SMILES string of the molecule is CSc1ccc(N2c3ccc(SC)cc3B3c4c(cc5oc6ccccc6c5c42)-c2cccc4c5ccccc5n3c24)cc1. The van der Waals surface area contributed by atoms with Gasteiger partial charge in [-0.2, -0.15) is 0 Å². The molecule has 4 heterocycles. The van der Waals surface area contributed by atoms with Gasteiger partial charge in [-0.3, -0.25) is 0 Å². The van der Waals surface area contributed by atoms with Crippen LogP contribution in [-0.2, 0) is 0 Å². The minimum atomic E-state index is 0.0131. The normalized spacial score (nSPS) is 13.3. The summed E-state index contributed by atoms with van der Waals surface area (Å²) in [5.74, 6) is 0. The molecule has 0 radical (unpaired) electrons. The molecule has 0 saturated heterocycles. The zero-order valence-electron chi connectivity index (χ0n) is 24.2. The molecule has 8 aromatic rings. The van der Waals surface area contributed by atoms with Gasteiger partial charge in [0, 0.05) is 53.9 Å². The van der Waals surface area contributed by atoms with Gasteiger partial charge in [0.1, 0.15) is 11.2 Å². The van der Waals surface area contributed by atoms with Crippen molar-refractivity contribution in [1.82, 2.24) is 4.48 Å². The predicted molar refractivity (Wildman–Crippen MR) is 191 cm³/mol. The summed E-state index contributed by atoms with van der Waals surface area (Å²) in [6.45, 7) is 0.0131. The van der Waals surface area contributed by atoms with E-state index in [0.717, 1.165) is 22.2 Å². The van der Waals surface area contributed by atoms with Crippen LogP contribution in [0.5, 0.6) is 0 Å². The molecule has 208 valence electrons. The van der Waals surface area contributed by atoms with Crippen LogP contribution in [0.15, 0.2) is 129 Å². The Morgan fingerprint density at radius 1 is 0.636 bits per heavy atom. The number of thioether (sulfide) groups is 2. The van der Waals surface area contributed by atoms with Crippen LogP contribution < -0.4 is 15.8 Å². The van der Waals surface area contributed by atoms with E-state index in [4.69, 9.17) is 4.42 Å². The summed E-state index contributed by atoms with van der Waals surface area (Å²) >= 11 is 3.58. The number of hydrogen-bond donors (Lipinski definition) is 0. The van der Waals surface area contributed by atoms with E-state index in [9.17, 15) is 0 Å². The maximum Gasteiger partial charge on any atom is 0.333 e. The number of fused-ring (bicyclic) bond motifs is 11. The number of rotatable bonds is 3. The second-order valence-corrected chi connectivity index (χ2v) is 13.4. The van der Waals surface area contributed by atoms with Crippen LogP contribution in [0.1, 0.15) is 0 Å². The molecule has 0 N–H and O–H groups in total. The zero-order chi connectivity index (χ0) is 29.1. The van der Waals surface area contributed by atoms with Crippen LogP contribution in [0.2, 0.25) is 0 Å². The van der Waals surface area contributed by atoms with Gasteiger partial charge in [-0.25, -0.2) is 0 Å². The smallest absolute Gasteiger partial charge is 0.333 e. The maximum atomic E-state index is 6.67. The monoisotopic (exact) mass is 600 g/mol. The fourth-order valence-corrected chi connectivity index (χ4v) is 8.63. The Hall–Kier alpha value is -4.52. The van der Waals surface area contributed by atoms with E-state index < -0.39 is 0 Å². The highest BCUT2D eigenvalue weighted by atomic mass is 32.2. The Morgan fingerprint density at radius 2 is 1.39 bits per heavy atom. The second kappa shape index (κ2) is 9.01. The standard InChI is InChI=1S/C38H25BN2OS2/c1-43-23-16-14-22(15-17-23)40-32-19-18-24(44-2)20-30(32)39-36-29(21-34-35(38(36)40)28-9-4-6-13-33(28)42-34)27-11-7-10-26-25-8-3-5-12-31(25)41(39)37(26)27/h3-21H,1-2H3. The van der Waals surface area contributed by atoms with Gasteiger partial charge in [-0.15, -0.1) is 23.5 Å². The highest BCUT2D eigenvalue weighted by Crippen LogP contribution is 2.49. The number of nitrogens with zero attached hydrogens (tertiary/aromatic N) is 2. The molecule has 0 aliphatic carbocycles. The number of hydrogen-bond acceptors (Lipinski definition) is 4. The molecule has 6 heteroatoms. The Balaban J connectivity index is 1.45. The van der Waals surface area contributed by atoms with Crippen LogP contribution in [0.25, 0.3) is 54.9 Å². The molecule has 0 amide bonds. The van der Waals surface area contributed by atoms with Crippen molar-refractivity contribution in [3.8, 4) is 11.1 Å². The summed E-state index contributed by atoms with van der Waals surface area (Å²) in [6, 6.07) is 42.5. The summed E-state index contributed by atoms with van der Waals surface area (Å²) in [5, 5.41) is 4.92. The Labute approximate surface area is 263 Å². The lowest BCUT2D eigenvalue weighted by molar-refractivity contribution is 0.669. The quantitative estimate of drug-likeness (QED) is 0.149. The molecule has 44 heavy (non-hydrogen) atoms. The van der Waals surface area contributed by atoms with Gasteiger partial charge < -0.3 is 13.8 Å². The van der Waals surface area contributed by atoms with Crippen molar-refractivity contribution in [3.63, 3.8) is 0 Å². The maximum absolute atomic E-state index is 6.67. The van der Waals surface area contributed by atoms with Crippen LogP contribution in [0.3, 0.4) is 0 Å². The largest absolute Gasteiger partial charge is 0.456 e. The summed E-state index contributed by atoms with van der Waals surface area (Å²) < 4.78 is 9.29. The lowest BCUT2D eigenvalue weighted by Gasteiger charge is -2.41. The van der Waals surface area contributed by atoms with Gasteiger partial charge in [-0.05, 0) is 89.7 Å². The third-order valence-electron chi connectivity index (χ3n) is 9.56. The van der Waals surface area contributed by atoms with Crippen molar-refractivity contribution in [2.45, 2.75) is 9.79 Å². The first-order valence-electron chi connectivity index (χ1n) is 14.9. The van der Waals surface area contributed by atoms with Crippen molar-refractivity contribution < 1.29 is 4.42 Å². The first kappa shape index (κ1) is 24.9. The fraction of sp³-hybridized carbons (Fsp3) is 0.0526. The third kappa shape index (κ3) is 3.12. The molecule has 0 atom stereocenters. The topological polar surface area (TPSA) is 21.3 Å². The average molecular weight is 601 g/mol. The van der Waals surface area contributed by atoms with Gasteiger partial charge in [0.15, 0.2) is 0 Å². The van der Waals surface area contributed by atoms with Gasteiger partial charge in [0.05, 0.1) is 11.1 Å². The van der Waals surface area contributed by atoms with E-state index in [1.807, 2.05) is 0 Å². The highest BCUT2D eigenvalue weighted by molar-refractivity contribution is 7.98. The Morgan fingerprint density at radius 3 is 2.23 bits per heavy atom. The molecule has 0 unspecified atom stereocenters. The van der Waals surface area contributed by atoms with E-state index in [1.165, 1.54) is 70.4 Å². The first-order chi connectivity index (χ1) is 21.7. The first-order valence-corrected chi connectivity index (χ1v) is 17.3. The lowest BCUT2D eigenvalue weighted by atomic mass is 9.45. The summed E-state index contributed by atoms with van der Waals surface area (Å²) in [4.78, 5) is 5.03. The highest BCUT2D eigenvalue weighted by Gasteiger charge is 2.44. The number of para-hydroxylation sites is 3. The molecule has 6 aromatic carbocycles. The molecule has 2 aromatic heterocycles. The Bertz CT molecular complexity index is 2490. The molecule has 0 saturated carbocycles. The molecule has 0 fully saturated rings. The zero-order valence-corrected chi connectivity index (χ0v) is 25.8. The van der Waals surface area contributed by atoms with Gasteiger partial charge in [-0.1, -0.05) is 54.6 Å². The molecule has 0 bridgehead atoms. The fourth-order valence-electron chi connectivity index (χ4n) is 7.78. The van der Waals surface area contributed by atoms with Crippen LogP contribution in [-0.4, -0.2) is 23.8 Å². The van der Waals surface area contributed by atoms with Crippen LogP contribution in [0.4, 0.5) is 17.1 Å². The van der Waals surface area contributed by atoms with E-state index >= 15 is 0 Å². The van der Waals surface area contributed by atoms with E-state index in [2.05, 4.69) is 137 Å². The number of benzene rings is 6. The van der Waals surface area contributed by atoms with E-state index in [1.54, 1.807) is 23.5 Å². The van der Waals surface area contributed by atoms with Crippen molar-refractivity contribution >= 4 is 102 Å². The van der Waals surface area contributed by atoms with Crippen LogP contribution >= 0.6 is 23.5 Å². The van der Waals surface area contributed by atoms with Crippen molar-refractivity contribution in [2.75, 3.05) is 17.4 Å². The minimum Gasteiger partial charge on any atom is -0.456 e. The molecule has 2 aliphatic heterocycles. The molecular formula is C38H25BN2OS2. The summed E-state index contributed by atoms with van der Waals surface area (Å²) in [7, 11) is 0. The molecule has 3 nitrogen and oxygen atoms in total. The number of aromatic nitrogens is 1. The van der Waals surface area contributed by atoms with Crippen molar-refractivity contribution in [3.05, 3.63) is 115 Å². The third-order valence-corrected chi connectivity index (χ3v) is 11.0. The molecule has 0 spiro atoms. The van der Waals surface area contributed by atoms with Crippen molar-refractivity contribution in [1.29, 1.82) is 0 Å². The summed E-state index contributed by atoms with van der Waals surface area (Å²) in [5.41, 5.74) is 13.2. The van der Waals surface area contributed by atoms with Gasteiger partial charge in [0.2, 0.25) is 0 Å². The van der Waals surface area contributed by atoms with E-state index in [-0.39, 0.29) is 6.85 Å². The number of anilines is 3. The molecular weight excluding hydrogens is 575 g/mol. The van der Waals surface area contributed by atoms with Crippen LogP contribution in [0, 0.1) is 0 Å². The summed E-state index contributed by atoms with van der Waals surface area (Å²) in [6.07, 6.45) is 4.30. The second-order valence-electron chi connectivity index (χ2n) is 11.6. The molecule has 10 rings (SSSR count). The van der Waals surface area contributed by atoms with E-state index in [0.29, 0.717) is 0 Å². The minimum absolute atomic E-state index is 0.0131. The lowest BCUT2D eigenvalue weighted by Crippen LogP contribution is -2.56. The number of furan rings is 1. The average Bonchev–Trinajstić information content (AvgIpc) is 3.62. The van der Waals surface area contributed by atoms with Gasteiger partial charge >= 0.3 is 6.85 Å². The van der Waals surface area contributed by atoms with Crippen molar-refractivity contribution in [2.24, 2.45) is 0 Å². The van der Waals surface area contributed by atoms with Gasteiger partial charge in [0.25, 0.3) is 0 Å². The molecule has 2 aliphatic rings. The predicted octanol–water partition coefficient (Wildman–Crippen LogP) is 9.56.